The Kier molecular flexibility index (Phi) is 5.65. The molecule has 2 aromatic rings. The molecule has 4 nitrogen and oxygen atoms in total. The van der Waals surface area contributed by atoms with Crippen LogP contribution in [0.25, 0.3) is 5.69 Å². The highest BCUT2D eigenvalue weighted by Crippen LogP contribution is 2.36. The van der Waals surface area contributed by atoms with Gasteiger partial charge >= 0.3 is 0 Å². The molecule has 0 fully saturated rings. The monoisotopic (exact) mass is 360 g/mol. The number of aromatic nitrogens is 2. The average Bonchev–Trinajstić information content (AvgIpc) is 2.88. The van der Waals surface area contributed by atoms with Gasteiger partial charge in [-0.25, -0.2) is 4.68 Å². The fourth-order valence-corrected chi connectivity index (χ4v) is 2.86. The summed E-state index contributed by atoms with van der Waals surface area (Å²) in [4.78, 5) is 0. The fourth-order valence-electron chi connectivity index (χ4n) is 1.61. The molecule has 1 N–H and O–H groups in total. The first kappa shape index (κ1) is 16.3. The van der Waals surface area contributed by atoms with Crippen LogP contribution in [0.5, 0.6) is 0 Å². The molecule has 1 aromatic carbocycles. The lowest BCUT2D eigenvalue weighted by Gasteiger charge is -2.12. The van der Waals surface area contributed by atoms with E-state index in [-0.39, 0.29) is 5.02 Å². The molecule has 21 heavy (non-hydrogen) atoms. The maximum absolute atomic E-state index is 9.17. The Bertz CT molecular complexity index is 693. The van der Waals surface area contributed by atoms with E-state index in [1.54, 1.807) is 16.8 Å². The predicted molar refractivity (Wildman–Crippen MR) is 89.7 cm³/mol. The molecule has 1 aromatic heterocycles. The van der Waals surface area contributed by atoms with E-state index in [4.69, 9.17) is 34.8 Å². The Balaban J connectivity index is 2.47. The van der Waals surface area contributed by atoms with Gasteiger partial charge in [-0.05, 0) is 18.6 Å². The van der Waals surface area contributed by atoms with Gasteiger partial charge in [0.25, 0.3) is 0 Å². The third-order valence-corrected chi connectivity index (χ3v) is 4.84. The third-order valence-electron chi connectivity index (χ3n) is 2.61. The van der Waals surface area contributed by atoms with Crippen molar-refractivity contribution in [2.24, 2.45) is 0 Å². The number of hydrogen-bond donors (Lipinski definition) is 1. The second-order valence-corrected chi connectivity index (χ2v) is 6.14. The number of rotatable bonds is 5. The summed E-state index contributed by atoms with van der Waals surface area (Å²) in [6, 6.07) is 5.45. The summed E-state index contributed by atoms with van der Waals surface area (Å²) in [5, 5.41) is 14.3. The molecular weight excluding hydrogens is 351 g/mol. The Hall–Kier alpha value is -1.06. The summed E-state index contributed by atoms with van der Waals surface area (Å²) < 4.78 is 4.68. The minimum atomic E-state index is 0.261. The summed E-state index contributed by atoms with van der Waals surface area (Å²) in [6.07, 6.45) is 2.49. The lowest BCUT2D eigenvalue weighted by molar-refractivity contribution is 0.891. The quantitative estimate of drug-likeness (QED) is 0.453. The van der Waals surface area contributed by atoms with E-state index in [2.05, 4.69) is 22.8 Å². The average molecular weight is 362 g/mol. The summed E-state index contributed by atoms with van der Waals surface area (Å²) in [6.45, 7) is 2.08. The van der Waals surface area contributed by atoms with E-state index in [0.717, 1.165) is 12.2 Å². The highest BCUT2D eigenvalue weighted by atomic mass is 35.5. The van der Waals surface area contributed by atoms with Crippen molar-refractivity contribution in [1.82, 2.24) is 9.78 Å². The van der Waals surface area contributed by atoms with Crippen LogP contribution in [0, 0.1) is 11.3 Å². The van der Waals surface area contributed by atoms with E-state index in [1.165, 1.54) is 18.1 Å². The molecule has 0 aliphatic rings. The summed E-state index contributed by atoms with van der Waals surface area (Å²) >= 11 is 19.7. The van der Waals surface area contributed by atoms with Crippen molar-refractivity contribution in [2.45, 2.75) is 13.3 Å². The molecule has 0 aliphatic heterocycles. The van der Waals surface area contributed by atoms with E-state index in [9.17, 15) is 5.26 Å². The number of nitriles is 1. The molecule has 0 spiro atoms. The van der Waals surface area contributed by atoms with Crippen LogP contribution in [0.15, 0.2) is 18.3 Å². The van der Waals surface area contributed by atoms with Crippen molar-refractivity contribution in [2.75, 3.05) is 10.5 Å². The summed E-state index contributed by atoms with van der Waals surface area (Å²) in [5.41, 5.74) is 0.993. The van der Waals surface area contributed by atoms with E-state index in [0.29, 0.717) is 27.1 Å². The highest BCUT2D eigenvalue weighted by Gasteiger charge is 2.17. The first-order chi connectivity index (χ1) is 10.1. The molecule has 0 amide bonds. The summed E-state index contributed by atoms with van der Waals surface area (Å²) in [5.74, 6) is 1.47. The van der Waals surface area contributed by atoms with Crippen LogP contribution in [-0.2, 0) is 0 Å². The number of nitrogens with zero attached hydrogens (tertiary/aromatic N) is 3. The van der Waals surface area contributed by atoms with Gasteiger partial charge in [0.15, 0.2) is 5.82 Å². The molecule has 2 rings (SSSR count). The smallest absolute Gasteiger partial charge is 0.157 e. The van der Waals surface area contributed by atoms with Crippen LogP contribution in [0.4, 0.5) is 5.82 Å². The van der Waals surface area contributed by atoms with Crippen LogP contribution in [0.2, 0.25) is 15.1 Å². The van der Waals surface area contributed by atoms with Gasteiger partial charge in [-0.1, -0.05) is 53.7 Å². The molecule has 0 saturated carbocycles. The zero-order valence-corrected chi connectivity index (χ0v) is 14.1. The molecule has 0 radical (unpaired) electrons. The normalized spacial score (nSPS) is 10.4. The molecule has 8 heteroatoms. The van der Waals surface area contributed by atoms with Gasteiger partial charge in [0, 0.05) is 5.75 Å². The molecule has 1 heterocycles. The van der Waals surface area contributed by atoms with E-state index in [1.807, 2.05) is 0 Å². The van der Waals surface area contributed by atoms with Crippen molar-refractivity contribution >= 4 is 52.6 Å². The lowest BCUT2D eigenvalue weighted by atomic mass is 10.3. The van der Waals surface area contributed by atoms with Crippen molar-refractivity contribution in [3.05, 3.63) is 39.0 Å². The maximum Gasteiger partial charge on any atom is 0.157 e. The van der Waals surface area contributed by atoms with Crippen molar-refractivity contribution in [1.29, 1.82) is 5.26 Å². The summed E-state index contributed by atoms with van der Waals surface area (Å²) in [7, 11) is 0. The van der Waals surface area contributed by atoms with Crippen molar-refractivity contribution in [3.63, 3.8) is 0 Å². The van der Waals surface area contributed by atoms with Crippen LogP contribution in [0.3, 0.4) is 0 Å². The van der Waals surface area contributed by atoms with Gasteiger partial charge in [0.2, 0.25) is 0 Å². The number of hydrogen-bond acceptors (Lipinski definition) is 4. The molecule has 0 saturated heterocycles. The van der Waals surface area contributed by atoms with Gasteiger partial charge in [-0.2, -0.15) is 10.4 Å². The molecule has 0 aliphatic carbocycles. The van der Waals surface area contributed by atoms with Crippen LogP contribution in [0.1, 0.15) is 18.9 Å². The number of halogens is 3. The largest absolute Gasteiger partial charge is 0.313 e. The first-order valence-electron chi connectivity index (χ1n) is 6.10. The van der Waals surface area contributed by atoms with Crippen molar-refractivity contribution < 1.29 is 0 Å². The van der Waals surface area contributed by atoms with Crippen molar-refractivity contribution in [3.8, 4) is 11.8 Å². The minimum absolute atomic E-state index is 0.261. The lowest BCUT2D eigenvalue weighted by Crippen LogP contribution is -2.03. The topological polar surface area (TPSA) is 53.6 Å². The Labute approximate surface area is 142 Å². The Morgan fingerprint density at radius 2 is 2.10 bits per heavy atom. The zero-order chi connectivity index (χ0) is 15.4. The third kappa shape index (κ3) is 3.41. The zero-order valence-electron chi connectivity index (χ0n) is 11.0. The number of anilines is 1. The molecular formula is C13H11Cl3N4S. The molecule has 0 bridgehead atoms. The standard InChI is InChI=1S/C13H11Cl3N4S/c1-2-5-21-19-13-8(6-17)7-18-20(13)10-4-3-9(14)11(15)12(10)16/h3-4,7,19H,2,5H2,1H3. The highest BCUT2D eigenvalue weighted by molar-refractivity contribution is 8.00. The Morgan fingerprint density at radius 3 is 2.76 bits per heavy atom. The molecule has 0 unspecified atom stereocenters. The second kappa shape index (κ2) is 7.28. The van der Waals surface area contributed by atoms with Gasteiger partial charge in [-0.3, -0.25) is 0 Å². The molecule has 0 atom stereocenters. The van der Waals surface area contributed by atoms with Crippen LogP contribution >= 0.6 is 46.8 Å². The van der Waals surface area contributed by atoms with Gasteiger partial charge < -0.3 is 4.72 Å². The number of benzene rings is 1. The molecule has 110 valence electrons. The number of nitrogens with one attached hydrogen (secondary N) is 1. The van der Waals surface area contributed by atoms with E-state index < -0.39 is 0 Å². The van der Waals surface area contributed by atoms with Gasteiger partial charge in [0.05, 0.1) is 27.0 Å². The minimum Gasteiger partial charge on any atom is -0.313 e. The maximum atomic E-state index is 9.17. The van der Waals surface area contributed by atoms with Crippen LogP contribution < -0.4 is 4.72 Å². The fraction of sp³-hybridized carbons (Fsp3) is 0.231. The van der Waals surface area contributed by atoms with E-state index >= 15 is 0 Å². The van der Waals surface area contributed by atoms with Gasteiger partial charge in [-0.15, -0.1) is 0 Å². The van der Waals surface area contributed by atoms with Crippen LogP contribution in [-0.4, -0.2) is 15.5 Å². The predicted octanol–water partition coefficient (Wildman–Crippen LogP) is 5.17. The first-order valence-corrected chi connectivity index (χ1v) is 8.21. The second-order valence-electron chi connectivity index (χ2n) is 4.08. The van der Waals surface area contributed by atoms with Gasteiger partial charge in [0.1, 0.15) is 11.6 Å². The SMILES string of the molecule is CCCSNc1c(C#N)cnn1-c1ccc(Cl)c(Cl)c1Cl. The Morgan fingerprint density at radius 1 is 1.33 bits per heavy atom.